The third kappa shape index (κ3) is 2.06. The number of hydrogen-bond donors (Lipinski definition) is 2. The van der Waals surface area contributed by atoms with Gasteiger partial charge in [-0.15, -0.1) is 0 Å². The number of hydrogen-bond acceptors (Lipinski definition) is 4. The van der Waals surface area contributed by atoms with E-state index in [1.54, 1.807) is 7.11 Å². The molecule has 3 fully saturated rings. The van der Waals surface area contributed by atoms with Gasteiger partial charge in [-0.2, -0.15) is 0 Å². The van der Waals surface area contributed by atoms with Gasteiger partial charge in [0.2, 0.25) is 0 Å². The van der Waals surface area contributed by atoms with Gasteiger partial charge >= 0.3 is 0 Å². The van der Waals surface area contributed by atoms with Gasteiger partial charge < -0.3 is 15.2 Å². The molecule has 1 saturated heterocycles. The second-order valence-corrected chi connectivity index (χ2v) is 8.87. The lowest BCUT2D eigenvalue weighted by Gasteiger charge is -2.61. The van der Waals surface area contributed by atoms with E-state index in [9.17, 15) is 9.90 Å². The Balaban J connectivity index is 1.71. The predicted molar refractivity (Wildman–Crippen MR) is 99.9 cm³/mol. The monoisotopic (exact) mass is 355 g/mol. The van der Waals surface area contributed by atoms with Gasteiger partial charge in [-0.1, -0.05) is 19.3 Å². The molecule has 1 aromatic rings. The van der Waals surface area contributed by atoms with Gasteiger partial charge in [0.05, 0.1) is 12.7 Å². The molecule has 1 aliphatic heterocycles. The van der Waals surface area contributed by atoms with Crippen molar-refractivity contribution in [3.05, 3.63) is 28.8 Å². The van der Waals surface area contributed by atoms with Crippen LogP contribution < -0.4 is 10.1 Å². The summed E-state index contributed by atoms with van der Waals surface area (Å²) in [4.78, 5) is 13.2. The van der Waals surface area contributed by atoms with Crippen molar-refractivity contribution in [3.63, 3.8) is 0 Å². The number of rotatable bonds is 3. The van der Waals surface area contributed by atoms with Crippen molar-refractivity contribution in [2.24, 2.45) is 5.92 Å². The average molecular weight is 355 g/mol. The Morgan fingerprint density at radius 2 is 2.00 bits per heavy atom. The van der Waals surface area contributed by atoms with Crippen molar-refractivity contribution in [1.82, 2.24) is 5.32 Å². The van der Waals surface area contributed by atoms with E-state index in [1.165, 1.54) is 11.1 Å². The molecule has 4 heteroatoms. The van der Waals surface area contributed by atoms with E-state index in [0.29, 0.717) is 5.78 Å². The Hall–Kier alpha value is -1.39. The van der Waals surface area contributed by atoms with E-state index in [0.717, 1.165) is 75.6 Å². The molecule has 26 heavy (non-hydrogen) atoms. The molecule has 0 spiro atoms. The largest absolute Gasteiger partial charge is 0.497 e. The zero-order valence-electron chi connectivity index (χ0n) is 15.6. The molecule has 3 atom stereocenters. The highest BCUT2D eigenvalue weighted by Crippen LogP contribution is 2.57. The molecule has 4 nitrogen and oxygen atoms in total. The van der Waals surface area contributed by atoms with Crippen molar-refractivity contribution < 1.29 is 14.6 Å². The Labute approximate surface area is 155 Å². The summed E-state index contributed by atoms with van der Waals surface area (Å²) in [5.74, 6) is 1.25. The fraction of sp³-hybridized carbons (Fsp3) is 0.682. The van der Waals surface area contributed by atoms with Gasteiger partial charge in [-0.3, -0.25) is 4.79 Å². The van der Waals surface area contributed by atoms with Crippen molar-refractivity contribution in [2.45, 2.75) is 74.8 Å². The highest BCUT2D eigenvalue weighted by atomic mass is 16.5. The number of methoxy groups -OCH3 is 1. The molecule has 1 heterocycles. The minimum atomic E-state index is -0.695. The Morgan fingerprint density at radius 1 is 1.19 bits per heavy atom. The lowest BCUT2D eigenvalue weighted by atomic mass is 9.49. The van der Waals surface area contributed by atoms with Crippen LogP contribution in [0.25, 0.3) is 0 Å². The Kier molecular flexibility index (Phi) is 3.74. The summed E-state index contributed by atoms with van der Waals surface area (Å²) < 4.78 is 5.60. The van der Waals surface area contributed by atoms with E-state index in [-0.39, 0.29) is 17.4 Å². The SMILES string of the molecule is COc1cc(C(=O)C2CCC2)c2c(c1)[C@@]13CCCC[C@@]1(O)[C@@H](C2)NCC3. The van der Waals surface area contributed by atoms with Crippen LogP contribution in [0.2, 0.25) is 0 Å². The number of piperidine rings is 1. The normalized spacial score (nSPS) is 35.8. The van der Waals surface area contributed by atoms with E-state index < -0.39 is 5.60 Å². The molecule has 5 rings (SSSR count). The second kappa shape index (κ2) is 5.80. The summed E-state index contributed by atoms with van der Waals surface area (Å²) in [5.41, 5.74) is 2.34. The molecule has 0 radical (unpaired) electrons. The van der Waals surface area contributed by atoms with Crippen molar-refractivity contribution in [2.75, 3.05) is 13.7 Å². The molecular weight excluding hydrogens is 326 g/mol. The number of fused-ring (bicyclic) bond motifs is 1. The lowest BCUT2D eigenvalue weighted by Crippen LogP contribution is -2.71. The van der Waals surface area contributed by atoms with E-state index in [2.05, 4.69) is 11.4 Å². The highest BCUT2D eigenvalue weighted by Gasteiger charge is 2.61. The van der Waals surface area contributed by atoms with Crippen LogP contribution in [0.4, 0.5) is 0 Å². The third-order valence-corrected chi connectivity index (χ3v) is 7.88. The van der Waals surface area contributed by atoms with Gasteiger partial charge in [0, 0.05) is 22.9 Å². The molecular formula is C22H29NO3. The van der Waals surface area contributed by atoms with Gasteiger partial charge in [0.25, 0.3) is 0 Å². The lowest BCUT2D eigenvalue weighted by molar-refractivity contribution is -0.124. The number of Topliss-reactive ketones (excluding diaryl/α,β-unsaturated/α-hetero) is 1. The number of carbonyl (C=O) groups excluding carboxylic acids is 1. The average Bonchev–Trinajstić information content (AvgIpc) is 2.59. The maximum Gasteiger partial charge on any atom is 0.166 e. The minimum absolute atomic E-state index is 0.0605. The Bertz CT molecular complexity index is 752. The molecule has 3 aliphatic carbocycles. The topological polar surface area (TPSA) is 58.6 Å². The van der Waals surface area contributed by atoms with E-state index in [1.807, 2.05) is 6.07 Å². The highest BCUT2D eigenvalue weighted by molar-refractivity contribution is 6.00. The molecule has 0 aromatic heterocycles. The number of nitrogens with one attached hydrogen (secondary N) is 1. The fourth-order valence-corrected chi connectivity index (χ4v) is 6.22. The molecule has 0 amide bonds. The number of aliphatic hydroxyl groups is 1. The second-order valence-electron chi connectivity index (χ2n) is 8.87. The van der Waals surface area contributed by atoms with Crippen LogP contribution in [0.15, 0.2) is 12.1 Å². The fourth-order valence-electron chi connectivity index (χ4n) is 6.22. The summed E-state index contributed by atoms with van der Waals surface area (Å²) in [6, 6.07) is 4.15. The van der Waals surface area contributed by atoms with Gasteiger partial charge in [0.1, 0.15) is 5.75 Å². The third-order valence-electron chi connectivity index (χ3n) is 7.88. The smallest absolute Gasteiger partial charge is 0.166 e. The first-order chi connectivity index (χ1) is 12.6. The zero-order chi connectivity index (χ0) is 17.9. The maximum atomic E-state index is 13.2. The van der Waals surface area contributed by atoms with Gasteiger partial charge in [-0.05, 0) is 68.3 Å². The summed E-state index contributed by atoms with van der Waals surface area (Å²) in [5, 5.41) is 15.4. The molecule has 1 aromatic carbocycles. The van der Waals surface area contributed by atoms with Crippen molar-refractivity contribution >= 4 is 5.78 Å². The number of benzene rings is 1. The van der Waals surface area contributed by atoms with E-state index in [4.69, 9.17) is 4.74 Å². The molecule has 4 aliphatic rings. The van der Waals surface area contributed by atoms with Crippen LogP contribution in [0.5, 0.6) is 5.75 Å². The summed E-state index contributed by atoms with van der Waals surface area (Å²) in [7, 11) is 1.68. The molecule has 2 N–H and O–H groups in total. The van der Waals surface area contributed by atoms with Crippen LogP contribution in [0.3, 0.4) is 0 Å². The molecule has 0 unspecified atom stereocenters. The zero-order valence-corrected chi connectivity index (χ0v) is 15.6. The van der Waals surface area contributed by atoms with Crippen molar-refractivity contribution in [1.29, 1.82) is 0 Å². The van der Waals surface area contributed by atoms with Crippen molar-refractivity contribution in [3.8, 4) is 5.75 Å². The number of carbonyl (C=O) groups is 1. The number of ketones is 1. The molecule has 140 valence electrons. The first-order valence-electron chi connectivity index (χ1n) is 10.3. The summed E-state index contributed by atoms with van der Waals surface area (Å²) in [6.45, 7) is 0.940. The van der Waals surface area contributed by atoms with Crippen LogP contribution in [0, 0.1) is 5.92 Å². The Morgan fingerprint density at radius 3 is 2.73 bits per heavy atom. The van der Waals surface area contributed by atoms with Gasteiger partial charge in [-0.25, -0.2) is 0 Å². The van der Waals surface area contributed by atoms with Crippen LogP contribution in [0.1, 0.15) is 72.9 Å². The van der Waals surface area contributed by atoms with Crippen LogP contribution in [-0.2, 0) is 11.8 Å². The predicted octanol–water partition coefficient (Wildman–Crippen LogP) is 3.14. The minimum Gasteiger partial charge on any atom is -0.497 e. The standard InChI is InChI=1S/C22H29NO3/c1-26-15-11-17(20(24)14-5-4-6-14)16-13-19-22(25)8-3-2-7-21(22,9-10-23-19)18(16)12-15/h11-12,14,19,23,25H,2-10,13H2,1H3/t19-,21+,22-/m1/s1. The van der Waals surface area contributed by atoms with Crippen LogP contribution >= 0.6 is 0 Å². The van der Waals surface area contributed by atoms with Crippen LogP contribution in [-0.4, -0.2) is 36.2 Å². The first kappa shape index (κ1) is 16.8. The summed E-state index contributed by atoms with van der Waals surface area (Å²) in [6.07, 6.45) is 9.00. The van der Waals surface area contributed by atoms with Gasteiger partial charge in [0.15, 0.2) is 5.78 Å². The molecule has 2 bridgehead atoms. The quantitative estimate of drug-likeness (QED) is 0.818. The maximum absolute atomic E-state index is 13.2. The first-order valence-corrected chi connectivity index (χ1v) is 10.3. The molecule has 2 saturated carbocycles. The number of ether oxygens (including phenoxy) is 1. The summed E-state index contributed by atoms with van der Waals surface area (Å²) >= 11 is 0. The van der Waals surface area contributed by atoms with E-state index >= 15 is 0 Å².